The fourth-order valence-corrected chi connectivity index (χ4v) is 7.74. The second-order valence-electron chi connectivity index (χ2n) is 12.9. The summed E-state index contributed by atoms with van der Waals surface area (Å²) >= 11 is 1.75. The maximum absolute atomic E-state index is 15.4. The van der Waals surface area contributed by atoms with Crippen LogP contribution in [0.3, 0.4) is 0 Å². The standard InChI is InChI=1S/C24BF20.C15H11N2S/c26-5-1(6(27)14(35)21(42)13(5)34)25(2-7(28)15(36)22(43)16(37)8(2)29,3-9(30)17(38)23(44)18(39)10(3)31)4-11(32)19(40)24(45)20(41)12(4)33;16-9-12-5-7-13(8-6-12)10-17-11-18-15-4-2-1-3-14(15)17/h;1-8,11H,10H2/q-1;+1. The Bertz CT molecular complexity index is 2680. The summed E-state index contributed by atoms with van der Waals surface area (Å²) in [6.45, 7) is 0.843. The summed E-state index contributed by atoms with van der Waals surface area (Å²) in [6.07, 6.45) is -7.22. The minimum Gasteiger partial charge on any atom is -0.207 e. The third kappa shape index (κ3) is 7.07. The number of para-hydroxylation sites is 1. The zero-order chi connectivity index (χ0) is 46.7. The topological polar surface area (TPSA) is 27.7 Å². The molecule has 0 radical (unpaired) electrons. The maximum Gasteiger partial charge on any atom is 0.226 e. The summed E-state index contributed by atoms with van der Waals surface area (Å²) < 4.78 is 297. The number of fused-ring (bicyclic) bond motifs is 1. The molecule has 1 heterocycles. The van der Waals surface area contributed by atoms with E-state index < -0.39 is 144 Å². The molecule has 7 aromatic rings. The number of halogens is 20. The van der Waals surface area contributed by atoms with E-state index in [2.05, 4.69) is 40.4 Å². The van der Waals surface area contributed by atoms with Crippen molar-refractivity contribution in [2.75, 3.05) is 0 Å². The van der Waals surface area contributed by atoms with E-state index in [-0.39, 0.29) is 0 Å². The second-order valence-corrected chi connectivity index (χ2v) is 13.8. The molecule has 1 aromatic heterocycles. The molecule has 326 valence electrons. The van der Waals surface area contributed by atoms with Gasteiger partial charge in [-0.3, -0.25) is 0 Å². The number of hydrogen-bond acceptors (Lipinski definition) is 2. The molecule has 0 unspecified atom stereocenters. The smallest absolute Gasteiger partial charge is 0.207 e. The molecule has 0 amide bonds. The highest BCUT2D eigenvalue weighted by Crippen LogP contribution is 2.31. The summed E-state index contributed by atoms with van der Waals surface area (Å²) in [4.78, 5) is 0. The lowest BCUT2D eigenvalue weighted by Gasteiger charge is -2.44. The van der Waals surface area contributed by atoms with Gasteiger partial charge in [-0.2, -0.15) is 9.83 Å². The normalized spacial score (nSPS) is 11.5. The SMILES string of the molecule is Fc1c(F)c(F)c([B-](c2c(F)c(F)c(F)c(F)c2F)(c2c(F)c(F)c(F)c(F)c2F)c2c(F)c(F)c(F)c(F)c2F)c(F)c1F.N#Cc1ccc(C[n+]2csc3ccccc32)cc1. The van der Waals surface area contributed by atoms with Crippen LogP contribution in [0.5, 0.6) is 0 Å². The Morgan fingerprint density at radius 2 is 0.683 bits per heavy atom. The molecule has 6 aromatic carbocycles. The van der Waals surface area contributed by atoms with E-state index in [4.69, 9.17) is 5.26 Å². The Labute approximate surface area is 341 Å². The monoisotopic (exact) mass is 930 g/mol. The molecule has 0 aliphatic carbocycles. The minimum atomic E-state index is -7.22. The van der Waals surface area contributed by atoms with Crippen molar-refractivity contribution in [3.8, 4) is 6.07 Å². The highest BCUT2D eigenvalue weighted by atomic mass is 32.1. The molecule has 0 aliphatic rings. The third-order valence-corrected chi connectivity index (χ3v) is 10.6. The van der Waals surface area contributed by atoms with Gasteiger partial charge in [0.15, 0.2) is 76.4 Å². The van der Waals surface area contributed by atoms with Crippen molar-refractivity contribution in [1.29, 1.82) is 5.26 Å². The van der Waals surface area contributed by atoms with Gasteiger partial charge >= 0.3 is 0 Å². The minimum absolute atomic E-state index is 0.707. The predicted octanol–water partition coefficient (Wildman–Crippen LogP) is 8.95. The summed E-state index contributed by atoms with van der Waals surface area (Å²) in [5, 5.41) is 8.77. The first-order valence-electron chi connectivity index (χ1n) is 16.6. The molecule has 7 rings (SSSR count). The lowest BCUT2D eigenvalue weighted by atomic mass is 9.12. The van der Waals surface area contributed by atoms with Gasteiger partial charge in [0, 0.05) is 11.6 Å². The largest absolute Gasteiger partial charge is 0.226 e. The summed E-state index contributed by atoms with van der Waals surface area (Å²) in [5.41, 5.74) is -9.01. The van der Waals surface area contributed by atoms with E-state index >= 15 is 35.1 Å². The zero-order valence-corrected chi connectivity index (χ0v) is 30.7. The van der Waals surface area contributed by atoms with Crippen LogP contribution in [0.2, 0.25) is 0 Å². The fraction of sp³-hybridized carbons (Fsp3) is 0.0256. The number of aromatic nitrogens is 1. The number of nitriles is 1. The van der Waals surface area contributed by atoms with Crippen LogP contribution in [0.1, 0.15) is 11.1 Å². The molecule has 0 spiro atoms. The Morgan fingerprint density at radius 1 is 0.397 bits per heavy atom. The van der Waals surface area contributed by atoms with Gasteiger partial charge in [-0.15, -0.1) is 21.9 Å². The second kappa shape index (κ2) is 16.9. The van der Waals surface area contributed by atoms with Crippen molar-refractivity contribution < 1.29 is 92.4 Å². The number of hydrogen-bond donors (Lipinski definition) is 0. The van der Waals surface area contributed by atoms with Crippen molar-refractivity contribution in [3.05, 3.63) is 182 Å². The molecule has 0 N–H and O–H groups in total. The maximum atomic E-state index is 15.4. The van der Waals surface area contributed by atoms with Crippen molar-refractivity contribution >= 4 is 49.6 Å². The van der Waals surface area contributed by atoms with E-state index in [0.717, 1.165) is 6.54 Å². The summed E-state index contributed by atoms with van der Waals surface area (Å²) in [7, 11) is 0. The number of nitrogens with zero attached hydrogens (tertiary/aromatic N) is 2. The van der Waals surface area contributed by atoms with Gasteiger partial charge < -0.3 is 0 Å². The van der Waals surface area contributed by atoms with Crippen LogP contribution < -0.4 is 26.4 Å². The highest BCUT2D eigenvalue weighted by molar-refractivity contribution is 7.20. The highest BCUT2D eigenvalue weighted by Gasteiger charge is 2.52. The van der Waals surface area contributed by atoms with Gasteiger partial charge in [0.1, 0.15) is 57.4 Å². The first-order valence-corrected chi connectivity index (χ1v) is 17.5. The van der Waals surface area contributed by atoms with Crippen molar-refractivity contribution in [2.24, 2.45) is 0 Å². The van der Waals surface area contributed by atoms with Gasteiger partial charge in [-0.1, -0.05) is 35.6 Å². The molecule has 0 saturated carbocycles. The molecule has 0 aliphatic heterocycles. The van der Waals surface area contributed by atoms with Gasteiger partial charge in [0.2, 0.25) is 11.0 Å². The molecule has 2 nitrogen and oxygen atoms in total. The van der Waals surface area contributed by atoms with Gasteiger partial charge in [0.05, 0.1) is 11.6 Å². The molecule has 24 heteroatoms. The molecule has 0 fully saturated rings. The van der Waals surface area contributed by atoms with Crippen LogP contribution in [-0.2, 0) is 6.54 Å². The van der Waals surface area contributed by atoms with E-state index in [1.54, 1.807) is 11.3 Å². The number of thiazole rings is 1. The van der Waals surface area contributed by atoms with Crippen molar-refractivity contribution in [3.63, 3.8) is 0 Å². The zero-order valence-electron chi connectivity index (χ0n) is 29.8. The molecule has 0 atom stereocenters. The average molecular weight is 930 g/mol. The van der Waals surface area contributed by atoms with Crippen LogP contribution in [0, 0.1) is 128 Å². The number of benzene rings is 6. The van der Waals surface area contributed by atoms with Crippen LogP contribution in [0.15, 0.2) is 54.0 Å². The van der Waals surface area contributed by atoms with Crippen LogP contribution in [0.4, 0.5) is 87.8 Å². The average Bonchev–Trinajstić information content (AvgIpc) is 3.69. The first-order chi connectivity index (χ1) is 29.6. The van der Waals surface area contributed by atoms with Crippen molar-refractivity contribution in [1.82, 2.24) is 0 Å². The van der Waals surface area contributed by atoms with Gasteiger partial charge in [-0.25, -0.2) is 87.8 Å². The Hall–Kier alpha value is -6.64. The third-order valence-electron chi connectivity index (χ3n) is 9.62. The predicted molar refractivity (Wildman–Crippen MR) is 181 cm³/mol. The Morgan fingerprint density at radius 3 is 0.984 bits per heavy atom. The fourth-order valence-electron chi connectivity index (χ4n) is 6.85. The lowest BCUT2D eigenvalue weighted by Crippen LogP contribution is -2.81. The van der Waals surface area contributed by atoms with E-state index in [1.165, 1.54) is 15.8 Å². The van der Waals surface area contributed by atoms with Gasteiger partial charge in [-0.05, 0) is 18.2 Å². The quantitative estimate of drug-likeness (QED) is 0.0539. The van der Waals surface area contributed by atoms with Gasteiger partial charge in [0.25, 0.3) is 0 Å². The van der Waals surface area contributed by atoms with E-state index in [9.17, 15) is 52.7 Å². The molecule has 0 bridgehead atoms. The lowest BCUT2D eigenvalue weighted by molar-refractivity contribution is -0.658. The molecule has 63 heavy (non-hydrogen) atoms. The molecule has 0 saturated heterocycles. The van der Waals surface area contributed by atoms with Crippen molar-refractivity contribution in [2.45, 2.75) is 6.54 Å². The van der Waals surface area contributed by atoms with E-state index in [0.29, 0.717) is 5.56 Å². The molecular weight excluding hydrogens is 919 g/mol. The van der Waals surface area contributed by atoms with Crippen LogP contribution >= 0.6 is 11.3 Å². The molecular formula is C39H11BF20N2S. The van der Waals surface area contributed by atoms with E-state index in [1.807, 2.05) is 24.3 Å². The summed E-state index contributed by atoms with van der Waals surface area (Å²) in [6, 6.07) is 18.3. The van der Waals surface area contributed by atoms with Crippen LogP contribution in [0.25, 0.3) is 10.2 Å². The Balaban J connectivity index is 0.000000302. The Kier molecular flexibility index (Phi) is 12.3. The summed E-state index contributed by atoms with van der Waals surface area (Å²) in [5.74, 6) is -71.4. The number of rotatable bonds is 6. The van der Waals surface area contributed by atoms with Crippen LogP contribution in [-0.4, -0.2) is 6.15 Å². The first kappa shape index (κ1) is 45.9.